The van der Waals surface area contributed by atoms with Crippen molar-refractivity contribution in [3.05, 3.63) is 28.3 Å². The van der Waals surface area contributed by atoms with Crippen LogP contribution < -0.4 is 5.73 Å². The number of rotatable bonds is 4. The van der Waals surface area contributed by atoms with Crippen molar-refractivity contribution in [3.8, 4) is 0 Å². The highest BCUT2D eigenvalue weighted by Gasteiger charge is 2.36. The summed E-state index contributed by atoms with van der Waals surface area (Å²) in [5.41, 5.74) is 5.34. The maximum Gasteiger partial charge on any atom is 0.270 e. The van der Waals surface area contributed by atoms with E-state index in [0.29, 0.717) is 0 Å². The van der Waals surface area contributed by atoms with Gasteiger partial charge in [-0.3, -0.25) is 10.1 Å². The van der Waals surface area contributed by atoms with Crippen LogP contribution in [0.1, 0.15) is 12.8 Å². The molecule has 8 heteroatoms. The molecular weight excluding hydrogens is 258 g/mol. The van der Waals surface area contributed by atoms with E-state index in [-0.39, 0.29) is 22.3 Å². The molecule has 1 aliphatic carbocycles. The molecule has 0 aromatic heterocycles. The summed E-state index contributed by atoms with van der Waals surface area (Å²) in [4.78, 5) is 9.82. The van der Waals surface area contributed by atoms with E-state index >= 15 is 0 Å². The molecule has 0 radical (unpaired) electrons. The predicted molar refractivity (Wildman–Crippen MR) is 65.5 cm³/mol. The first kappa shape index (κ1) is 12.8. The summed E-state index contributed by atoms with van der Waals surface area (Å²) < 4.78 is 25.7. The van der Waals surface area contributed by atoms with Crippen molar-refractivity contribution in [2.75, 3.05) is 12.8 Å². The van der Waals surface area contributed by atoms with Gasteiger partial charge in [-0.25, -0.2) is 8.42 Å². The van der Waals surface area contributed by atoms with Crippen molar-refractivity contribution in [3.63, 3.8) is 0 Å². The summed E-state index contributed by atoms with van der Waals surface area (Å²) in [6.45, 7) is 0. The minimum Gasteiger partial charge on any atom is -0.398 e. The van der Waals surface area contributed by atoms with Crippen LogP contribution in [0.4, 0.5) is 11.4 Å². The van der Waals surface area contributed by atoms with Gasteiger partial charge in [0.2, 0.25) is 10.0 Å². The van der Waals surface area contributed by atoms with Gasteiger partial charge in [0, 0.05) is 25.2 Å². The molecule has 0 atom stereocenters. The summed E-state index contributed by atoms with van der Waals surface area (Å²) in [5, 5.41) is 10.7. The first-order valence-electron chi connectivity index (χ1n) is 5.36. The van der Waals surface area contributed by atoms with Crippen LogP contribution in [0.5, 0.6) is 0 Å². The SMILES string of the molecule is CN(C1CC1)S(=O)(=O)c1cc([N+](=O)[O-])ccc1N. The van der Waals surface area contributed by atoms with Crippen molar-refractivity contribution >= 4 is 21.4 Å². The molecule has 7 nitrogen and oxygen atoms in total. The number of nitrogens with zero attached hydrogens (tertiary/aromatic N) is 2. The van der Waals surface area contributed by atoms with Gasteiger partial charge in [-0.15, -0.1) is 0 Å². The Balaban J connectivity index is 2.48. The number of hydrogen-bond donors (Lipinski definition) is 1. The van der Waals surface area contributed by atoms with Crippen LogP contribution in [0.2, 0.25) is 0 Å². The lowest BCUT2D eigenvalue weighted by atomic mass is 10.3. The molecule has 98 valence electrons. The van der Waals surface area contributed by atoms with Gasteiger partial charge < -0.3 is 5.73 Å². The monoisotopic (exact) mass is 271 g/mol. The minimum atomic E-state index is -3.76. The van der Waals surface area contributed by atoms with Crippen molar-refractivity contribution in [2.24, 2.45) is 0 Å². The van der Waals surface area contributed by atoms with Crippen LogP contribution in [0.3, 0.4) is 0 Å². The lowest BCUT2D eigenvalue weighted by Gasteiger charge is -2.17. The zero-order chi connectivity index (χ0) is 13.5. The smallest absolute Gasteiger partial charge is 0.270 e. The molecule has 0 amide bonds. The summed E-state index contributed by atoms with van der Waals surface area (Å²) in [6, 6.07) is 3.41. The number of nitro benzene ring substituents is 1. The molecule has 0 heterocycles. The Labute approximate surface area is 104 Å². The average molecular weight is 271 g/mol. The second-order valence-electron chi connectivity index (χ2n) is 4.23. The molecule has 0 bridgehead atoms. The standard InChI is InChI=1S/C10H13N3O4S/c1-12(7-2-3-7)18(16,17)10-6-8(13(14)15)4-5-9(10)11/h4-7H,2-3,11H2,1H3. The van der Waals surface area contributed by atoms with Crippen LogP contribution in [-0.2, 0) is 10.0 Å². The maximum absolute atomic E-state index is 12.2. The Morgan fingerprint density at radius 2 is 2.06 bits per heavy atom. The van der Waals surface area contributed by atoms with Gasteiger partial charge in [0.25, 0.3) is 5.69 Å². The largest absolute Gasteiger partial charge is 0.398 e. The van der Waals surface area contributed by atoms with E-state index in [0.717, 1.165) is 18.9 Å². The number of hydrogen-bond acceptors (Lipinski definition) is 5. The van der Waals surface area contributed by atoms with E-state index in [9.17, 15) is 18.5 Å². The molecule has 1 aromatic carbocycles. The van der Waals surface area contributed by atoms with E-state index in [1.54, 1.807) is 0 Å². The Bertz CT molecular complexity index is 595. The second kappa shape index (κ2) is 4.21. The fraction of sp³-hybridized carbons (Fsp3) is 0.400. The number of sulfonamides is 1. The Kier molecular flexibility index (Phi) is 2.99. The Hall–Kier alpha value is -1.67. The maximum atomic E-state index is 12.2. The quantitative estimate of drug-likeness (QED) is 0.498. The lowest BCUT2D eigenvalue weighted by Crippen LogP contribution is -2.29. The van der Waals surface area contributed by atoms with Gasteiger partial charge in [-0.2, -0.15) is 4.31 Å². The van der Waals surface area contributed by atoms with Gasteiger partial charge in [0.05, 0.1) is 10.6 Å². The molecule has 1 aliphatic rings. The molecule has 2 rings (SSSR count). The summed E-state index contributed by atoms with van der Waals surface area (Å²) in [5.74, 6) is 0. The van der Waals surface area contributed by atoms with Crippen molar-refractivity contribution in [2.45, 2.75) is 23.8 Å². The molecule has 0 spiro atoms. The summed E-state index contributed by atoms with van der Waals surface area (Å²) in [6.07, 6.45) is 1.62. The molecule has 18 heavy (non-hydrogen) atoms. The average Bonchev–Trinajstić information content (AvgIpc) is 3.11. The molecule has 0 saturated heterocycles. The van der Waals surface area contributed by atoms with Crippen molar-refractivity contribution in [1.82, 2.24) is 4.31 Å². The third-order valence-corrected chi connectivity index (χ3v) is 4.89. The van der Waals surface area contributed by atoms with E-state index in [4.69, 9.17) is 5.73 Å². The Morgan fingerprint density at radius 3 is 2.56 bits per heavy atom. The highest BCUT2D eigenvalue weighted by Crippen LogP contribution is 2.33. The normalized spacial score (nSPS) is 15.9. The van der Waals surface area contributed by atoms with Gasteiger partial charge in [0.1, 0.15) is 4.90 Å². The van der Waals surface area contributed by atoms with Crippen LogP contribution in [0, 0.1) is 10.1 Å². The zero-order valence-electron chi connectivity index (χ0n) is 9.74. The molecule has 0 aliphatic heterocycles. The molecule has 1 aromatic rings. The van der Waals surface area contributed by atoms with E-state index in [1.807, 2.05) is 0 Å². The van der Waals surface area contributed by atoms with E-state index in [2.05, 4.69) is 0 Å². The number of benzene rings is 1. The zero-order valence-corrected chi connectivity index (χ0v) is 10.6. The van der Waals surface area contributed by atoms with E-state index < -0.39 is 14.9 Å². The third-order valence-electron chi connectivity index (χ3n) is 2.93. The molecule has 0 unspecified atom stereocenters. The van der Waals surface area contributed by atoms with Gasteiger partial charge in [-0.05, 0) is 18.9 Å². The van der Waals surface area contributed by atoms with Gasteiger partial charge in [-0.1, -0.05) is 0 Å². The fourth-order valence-corrected chi connectivity index (χ4v) is 3.20. The van der Waals surface area contributed by atoms with Gasteiger partial charge in [0.15, 0.2) is 0 Å². The van der Waals surface area contributed by atoms with Crippen LogP contribution >= 0.6 is 0 Å². The second-order valence-corrected chi connectivity index (χ2v) is 6.20. The topological polar surface area (TPSA) is 107 Å². The number of nitrogens with two attached hydrogens (primary N) is 1. The van der Waals surface area contributed by atoms with Crippen molar-refractivity contribution < 1.29 is 13.3 Å². The Morgan fingerprint density at radius 1 is 1.44 bits per heavy atom. The minimum absolute atomic E-state index is 0.0198. The summed E-state index contributed by atoms with van der Waals surface area (Å²) in [7, 11) is -2.29. The number of nitro groups is 1. The molecular formula is C10H13N3O4S. The van der Waals surface area contributed by atoms with Crippen molar-refractivity contribution in [1.29, 1.82) is 0 Å². The van der Waals surface area contributed by atoms with E-state index in [1.165, 1.54) is 23.5 Å². The third kappa shape index (κ3) is 2.16. The first-order valence-corrected chi connectivity index (χ1v) is 6.80. The highest BCUT2D eigenvalue weighted by atomic mass is 32.2. The first-order chi connectivity index (χ1) is 8.34. The van der Waals surface area contributed by atoms with Crippen LogP contribution in [0.25, 0.3) is 0 Å². The van der Waals surface area contributed by atoms with Crippen LogP contribution in [0.15, 0.2) is 23.1 Å². The lowest BCUT2D eigenvalue weighted by molar-refractivity contribution is -0.385. The fourth-order valence-electron chi connectivity index (χ4n) is 1.65. The summed E-state index contributed by atoms with van der Waals surface area (Å²) >= 11 is 0. The van der Waals surface area contributed by atoms with Crippen LogP contribution in [-0.4, -0.2) is 30.7 Å². The van der Waals surface area contributed by atoms with Gasteiger partial charge >= 0.3 is 0 Å². The molecule has 2 N–H and O–H groups in total. The number of non-ortho nitro benzene ring substituents is 1. The number of anilines is 1. The molecule has 1 fully saturated rings. The molecule has 1 saturated carbocycles. The number of nitrogen functional groups attached to an aromatic ring is 1. The highest BCUT2D eigenvalue weighted by molar-refractivity contribution is 7.89. The predicted octanol–water partition coefficient (Wildman–Crippen LogP) is 0.960.